The molecule has 0 aliphatic rings. The predicted octanol–water partition coefficient (Wildman–Crippen LogP) is 3.79. The van der Waals surface area contributed by atoms with E-state index < -0.39 is 12.1 Å². The van der Waals surface area contributed by atoms with Crippen molar-refractivity contribution in [3.05, 3.63) is 61.1 Å². The lowest BCUT2D eigenvalue weighted by molar-refractivity contribution is -0.192. The number of rotatable bonds is 3. The van der Waals surface area contributed by atoms with E-state index in [4.69, 9.17) is 9.90 Å². The topological polar surface area (TPSA) is 117 Å². The average molecular weight is 402 g/mol. The summed E-state index contributed by atoms with van der Waals surface area (Å²) in [5.74, 6) is -0.582. The summed E-state index contributed by atoms with van der Waals surface area (Å²) in [6.45, 7) is 0. The number of carboxylic acid groups (broad SMARTS) is 1. The summed E-state index contributed by atoms with van der Waals surface area (Å²) < 4.78 is 31.7. The number of anilines is 2. The van der Waals surface area contributed by atoms with Crippen LogP contribution in [0.25, 0.3) is 22.3 Å². The minimum Gasteiger partial charge on any atom is -0.475 e. The van der Waals surface area contributed by atoms with Crippen LogP contribution in [0, 0.1) is 0 Å². The number of aliphatic carboxylic acids is 1. The van der Waals surface area contributed by atoms with E-state index in [1.807, 2.05) is 42.5 Å². The molecule has 148 valence electrons. The lowest BCUT2D eigenvalue weighted by Gasteiger charge is -2.09. The fourth-order valence-electron chi connectivity index (χ4n) is 2.26. The fraction of sp³-hybridized carbons (Fsp3) is 0.0556. The maximum atomic E-state index is 10.6. The minimum absolute atomic E-state index is 0.656. The van der Waals surface area contributed by atoms with Crippen molar-refractivity contribution in [2.24, 2.45) is 0 Å². The van der Waals surface area contributed by atoms with E-state index in [-0.39, 0.29) is 0 Å². The zero-order valence-corrected chi connectivity index (χ0v) is 14.6. The number of aromatic nitrogens is 5. The van der Waals surface area contributed by atoms with Crippen LogP contribution in [-0.4, -0.2) is 42.4 Å². The van der Waals surface area contributed by atoms with Crippen molar-refractivity contribution in [1.82, 2.24) is 25.1 Å². The normalized spacial score (nSPS) is 10.9. The van der Waals surface area contributed by atoms with Crippen LogP contribution in [0.2, 0.25) is 0 Å². The molecule has 29 heavy (non-hydrogen) atoms. The number of para-hydroxylation sites is 1. The molecular weight excluding hydrogens is 389 g/mol. The summed E-state index contributed by atoms with van der Waals surface area (Å²) in [7, 11) is 0. The van der Waals surface area contributed by atoms with Crippen LogP contribution >= 0.6 is 0 Å². The molecule has 4 aromatic rings. The van der Waals surface area contributed by atoms with Crippen molar-refractivity contribution in [1.29, 1.82) is 0 Å². The number of carboxylic acids is 1. The summed E-state index contributed by atoms with van der Waals surface area (Å²) >= 11 is 0. The number of H-pyrrole nitrogens is 1. The first kappa shape index (κ1) is 19.7. The van der Waals surface area contributed by atoms with Crippen molar-refractivity contribution >= 4 is 28.5 Å². The highest BCUT2D eigenvalue weighted by atomic mass is 19.4. The van der Waals surface area contributed by atoms with Gasteiger partial charge in [0.25, 0.3) is 0 Å². The number of alkyl halides is 3. The van der Waals surface area contributed by atoms with Crippen molar-refractivity contribution in [3.63, 3.8) is 0 Å². The Morgan fingerprint density at radius 1 is 1.00 bits per heavy atom. The van der Waals surface area contributed by atoms with E-state index >= 15 is 0 Å². The number of benzene rings is 1. The first-order chi connectivity index (χ1) is 13.8. The second kappa shape index (κ2) is 8.33. The fourth-order valence-corrected chi connectivity index (χ4v) is 2.26. The van der Waals surface area contributed by atoms with E-state index in [9.17, 15) is 13.2 Å². The summed E-state index contributed by atoms with van der Waals surface area (Å²) in [6, 6.07) is 13.5. The zero-order chi connectivity index (χ0) is 20.9. The lowest BCUT2D eigenvalue weighted by atomic mass is 10.2. The SMILES string of the molecule is O=C(O)C(F)(F)F.c1ccc2c(Nc3ccn[nH]3)nc(-c3ccncc3)nc2c1. The molecule has 0 aliphatic heterocycles. The largest absolute Gasteiger partial charge is 0.490 e. The molecule has 0 unspecified atom stereocenters. The van der Waals surface area contributed by atoms with Crippen LogP contribution in [0.5, 0.6) is 0 Å². The highest BCUT2D eigenvalue weighted by Crippen LogP contribution is 2.26. The predicted molar refractivity (Wildman–Crippen MR) is 98.3 cm³/mol. The summed E-state index contributed by atoms with van der Waals surface area (Å²) in [5.41, 5.74) is 1.81. The first-order valence-electron chi connectivity index (χ1n) is 8.08. The van der Waals surface area contributed by atoms with Gasteiger partial charge in [0, 0.05) is 29.4 Å². The molecule has 0 saturated carbocycles. The van der Waals surface area contributed by atoms with Gasteiger partial charge in [-0.1, -0.05) is 12.1 Å². The molecule has 0 bridgehead atoms. The van der Waals surface area contributed by atoms with Gasteiger partial charge in [0.05, 0.1) is 11.7 Å². The molecule has 0 fully saturated rings. The number of carbonyl (C=O) groups is 1. The van der Waals surface area contributed by atoms with E-state index in [0.29, 0.717) is 5.82 Å². The maximum Gasteiger partial charge on any atom is 0.490 e. The van der Waals surface area contributed by atoms with Crippen molar-refractivity contribution in [2.75, 3.05) is 5.32 Å². The average Bonchev–Trinajstić information content (AvgIpc) is 3.21. The second-order valence-corrected chi connectivity index (χ2v) is 5.55. The number of hydrogen-bond acceptors (Lipinski definition) is 6. The maximum absolute atomic E-state index is 10.6. The van der Waals surface area contributed by atoms with Gasteiger partial charge in [0.2, 0.25) is 0 Å². The molecule has 3 aromatic heterocycles. The van der Waals surface area contributed by atoms with E-state index in [1.54, 1.807) is 18.6 Å². The molecule has 11 heteroatoms. The van der Waals surface area contributed by atoms with Gasteiger partial charge in [-0.15, -0.1) is 0 Å². The van der Waals surface area contributed by atoms with Gasteiger partial charge in [-0.05, 0) is 24.3 Å². The Bertz CT molecular complexity index is 1100. The third kappa shape index (κ3) is 5.03. The Hall–Kier alpha value is -4.02. The van der Waals surface area contributed by atoms with Crippen LogP contribution in [0.3, 0.4) is 0 Å². The summed E-state index contributed by atoms with van der Waals surface area (Å²) in [5, 5.41) is 18.1. The van der Waals surface area contributed by atoms with E-state index in [2.05, 4.69) is 30.5 Å². The summed E-state index contributed by atoms with van der Waals surface area (Å²) in [4.78, 5) is 22.2. The second-order valence-electron chi connectivity index (χ2n) is 5.55. The van der Waals surface area contributed by atoms with Gasteiger partial charge < -0.3 is 10.4 Å². The molecule has 0 spiro atoms. The molecular formula is C18H13F3N6O2. The van der Waals surface area contributed by atoms with E-state index in [1.165, 1.54) is 0 Å². The third-order valence-corrected chi connectivity index (χ3v) is 3.54. The lowest BCUT2D eigenvalue weighted by Crippen LogP contribution is -2.21. The van der Waals surface area contributed by atoms with Gasteiger partial charge in [0.15, 0.2) is 5.82 Å². The number of aromatic amines is 1. The molecule has 4 rings (SSSR count). The van der Waals surface area contributed by atoms with Gasteiger partial charge in [-0.25, -0.2) is 14.8 Å². The number of nitrogens with one attached hydrogen (secondary N) is 2. The molecule has 0 atom stereocenters. The molecule has 0 aliphatic carbocycles. The zero-order valence-electron chi connectivity index (χ0n) is 14.6. The number of nitrogens with zero attached hydrogens (tertiary/aromatic N) is 4. The Kier molecular flexibility index (Phi) is 5.67. The number of halogens is 3. The number of hydrogen-bond donors (Lipinski definition) is 3. The Morgan fingerprint density at radius 2 is 1.69 bits per heavy atom. The molecule has 8 nitrogen and oxygen atoms in total. The quantitative estimate of drug-likeness (QED) is 0.477. The minimum atomic E-state index is -5.08. The molecule has 1 aromatic carbocycles. The Labute approximate surface area is 161 Å². The van der Waals surface area contributed by atoms with Crippen LogP contribution in [0.15, 0.2) is 61.1 Å². The van der Waals surface area contributed by atoms with Crippen LogP contribution in [-0.2, 0) is 4.79 Å². The highest BCUT2D eigenvalue weighted by Gasteiger charge is 2.38. The monoisotopic (exact) mass is 402 g/mol. The van der Waals surface area contributed by atoms with Gasteiger partial charge in [0.1, 0.15) is 11.6 Å². The molecule has 3 N–H and O–H groups in total. The Morgan fingerprint density at radius 3 is 2.31 bits per heavy atom. The van der Waals surface area contributed by atoms with Gasteiger partial charge in [-0.3, -0.25) is 10.1 Å². The number of fused-ring (bicyclic) bond motifs is 1. The highest BCUT2D eigenvalue weighted by molar-refractivity contribution is 5.91. The third-order valence-electron chi connectivity index (χ3n) is 3.54. The molecule has 0 radical (unpaired) electrons. The smallest absolute Gasteiger partial charge is 0.475 e. The van der Waals surface area contributed by atoms with Crippen molar-refractivity contribution in [3.8, 4) is 11.4 Å². The molecule has 0 saturated heterocycles. The standard InChI is InChI=1S/C16H12N6.C2HF3O2/c1-2-4-13-12(3-1)16(20-14-7-10-18-22-14)21-15(19-13)11-5-8-17-9-6-11;3-2(4,5)1(6)7/h1-10H,(H2,18,19,20,21,22);(H,6,7). The van der Waals surface area contributed by atoms with Crippen molar-refractivity contribution < 1.29 is 23.1 Å². The van der Waals surface area contributed by atoms with Crippen LogP contribution < -0.4 is 5.32 Å². The van der Waals surface area contributed by atoms with E-state index in [0.717, 1.165) is 28.1 Å². The van der Waals surface area contributed by atoms with Gasteiger partial charge in [-0.2, -0.15) is 18.3 Å². The molecule has 0 amide bonds. The van der Waals surface area contributed by atoms with Crippen molar-refractivity contribution in [2.45, 2.75) is 6.18 Å². The van der Waals surface area contributed by atoms with Crippen LogP contribution in [0.4, 0.5) is 24.8 Å². The van der Waals surface area contributed by atoms with Crippen LogP contribution in [0.1, 0.15) is 0 Å². The molecule has 3 heterocycles. The summed E-state index contributed by atoms with van der Waals surface area (Å²) in [6.07, 6.45) is 0.0707. The first-order valence-corrected chi connectivity index (χ1v) is 8.08. The van der Waals surface area contributed by atoms with Gasteiger partial charge >= 0.3 is 12.1 Å². The number of pyridine rings is 1. The Balaban J connectivity index is 0.000000298.